The number of benzene rings is 1. The highest BCUT2D eigenvalue weighted by Crippen LogP contribution is 2.40. The van der Waals surface area contributed by atoms with Crippen molar-refractivity contribution in [3.8, 4) is 11.5 Å². The molecule has 0 unspecified atom stereocenters. The number of furan rings is 1. The molecule has 0 aliphatic rings. The van der Waals surface area contributed by atoms with Crippen LogP contribution in [0.25, 0.3) is 11.0 Å². The Kier molecular flexibility index (Phi) is 2.58. The monoisotopic (exact) mass is 234 g/mol. The van der Waals surface area contributed by atoms with Gasteiger partial charge in [0.25, 0.3) is 0 Å². The molecule has 2 aromatic rings. The molecule has 0 aliphatic heterocycles. The molecular weight excluding hydrogens is 220 g/mol. The second kappa shape index (κ2) is 3.80. The zero-order chi connectivity index (χ0) is 12.7. The van der Waals surface area contributed by atoms with Crippen LogP contribution in [0.4, 0.5) is 0 Å². The zero-order valence-corrected chi connectivity index (χ0v) is 10.00. The SMILES string of the molecule is CCC(=O)c1cc(O)c2c(C)c(C)oc2c1O. The van der Waals surface area contributed by atoms with Crippen molar-refractivity contribution in [3.05, 3.63) is 23.0 Å². The summed E-state index contributed by atoms with van der Waals surface area (Å²) < 4.78 is 5.38. The topological polar surface area (TPSA) is 70.7 Å². The minimum Gasteiger partial charge on any atom is -0.507 e. The Morgan fingerprint density at radius 1 is 1.35 bits per heavy atom. The molecule has 0 amide bonds. The molecule has 2 rings (SSSR count). The summed E-state index contributed by atoms with van der Waals surface area (Å²) >= 11 is 0. The van der Waals surface area contributed by atoms with Crippen LogP contribution >= 0.6 is 0 Å². The van der Waals surface area contributed by atoms with Crippen molar-refractivity contribution in [1.29, 1.82) is 0 Å². The molecule has 0 atom stereocenters. The summed E-state index contributed by atoms with van der Waals surface area (Å²) in [4.78, 5) is 11.6. The third kappa shape index (κ3) is 1.56. The van der Waals surface area contributed by atoms with Crippen molar-refractivity contribution in [2.75, 3.05) is 0 Å². The Morgan fingerprint density at radius 2 is 2.00 bits per heavy atom. The fraction of sp³-hybridized carbons (Fsp3) is 0.308. The number of hydrogen-bond acceptors (Lipinski definition) is 4. The van der Waals surface area contributed by atoms with E-state index >= 15 is 0 Å². The molecule has 2 N–H and O–H groups in total. The summed E-state index contributed by atoms with van der Waals surface area (Å²) in [6, 6.07) is 1.30. The van der Waals surface area contributed by atoms with E-state index in [1.165, 1.54) is 6.07 Å². The van der Waals surface area contributed by atoms with Gasteiger partial charge in [0.05, 0.1) is 10.9 Å². The Bertz CT molecular complexity index is 608. The predicted octanol–water partition coefficient (Wildman–Crippen LogP) is 3.05. The van der Waals surface area contributed by atoms with Gasteiger partial charge in [0.1, 0.15) is 11.5 Å². The minimum absolute atomic E-state index is 0.0380. The van der Waals surface area contributed by atoms with Crippen molar-refractivity contribution in [3.63, 3.8) is 0 Å². The van der Waals surface area contributed by atoms with Gasteiger partial charge >= 0.3 is 0 Å². The lowest BCUT2D eigenvalue weighted by molar-refractivity contribution is 0.0985. The first kappa shape index (κ1) is 11.5. The number of phenols is 2. The third-order valence-electron chi connectivity index (χ3n) is 3.01. The van der Waals surface area contributed by atoms with Crippen molar-refractivity contribution in [2.24, 2.45) is 0 Å². The summed E-state index contributed by atoms with van der Waals surface area (Å²) in [5.41, 5.74) is 1.05. The first-order chi connectivity index (χ1) is 7.97. The van der Waals surface area contributed by atoms with E-state index in [1.54, 1.807) is 20.8 Å². The minimum atomic E-state index is -0.230. The quantitative estimate of drug-likeness (QED) is 0.618. The largest absolute Gasteiger partial charge is 0.507 e. The van der Waals surface area contributed by atoms with E-state index < -0.39 is 0 Å². The van der Waals surface area contributed by atoms with Gasteiger partial charge in [-0.2, -0.15) is 0 Å². The molecule has 17 heavy (non-hydrogen) atoms. The molecule has 0 saturated carbocycles. The Morgan fingerprint density at radius 3 is 2.59 bits per heavy atom. The fourth-order valence-electron chi connectivity index (χ4n) is 1.90. The third-order valence-corrected chi connectivity index (χ3v) is 3.01. The summed E-state index contributed by atoms with van der Waals surface area (Å²) in [6.07, 6.45) is 0.261. The molecule has 4 heteroatoms. The highest BCUT2D eigenvalue weighted by molar-refractivity contribution is 6.05. The lowest BCUT2D eigenvalue weighted by atomic mass is 10.0. The van der Waals surface area contributed by atoms with Crippen LogP contribution in [0.3, 0.4) is 0 Å². The zero-order valence-electron chi connectivity index (χ0n) is 10.00. The van der Waals surface area contributed by atoms with Crippen LogP contribution in [-0.2, 0) is 0 Å². The maximum atomic E-state index is 11.6. The summed E-state index contributed by atoms with van der Waals surface area (Å²) in [5, 5.41) is 20.3. The summed E-state index contributed by atoms with van der Waals surface area (Å²) in [7, 11) is 0. The molecule has 0 aliphatic carbocycles. The molecule has 1 aromatic heterocycles. The fourth-order valence-corrected chi connectivity index (χ4v) is 1.90. The maximum Gasteiger partial charge on any atom is 0.180 e. The molecular formula is C13H14O4. The van der Waals surface area contributed by atoms with E-state index in [0.717, 1.165) is 5.56 Å². The standard InChI is InChI=1S/C13H14O4/c1-4-9(14)8-5-10(15)11-6(2)7(3)17-13(11)12(8)16/h5,15-16H,4H2,1-3H3. The molecule has 0 spiro atoms. The van der Waals surface area contributed by atoms with Gasteiger partial charge in [0.2, 0.25) is 0 Å². The molecule has 90 valence electrons. The first-order valence-electron chi connectivity index (χ1n) is 5.45. The number of fused-ring (bicyclic) bond motifs is 1. The van der Waals surface area contributed by atoms with E-state index in [2.05, 4.69) is 0 Å². The number of rotatable bonds is 2. The molecule has 1 heterocycles. The Labute approximate surface area is 98.5 Å². The number of phenolic OH excluding ortho intramolecular Hbond substituents is 2. The number of aryl methyl sites for hydroxylation is 2. The van der Waals surface area contributed by atoms with Crippen LogP contribution in [0.2, 0.25) is 0 Å². The van der Waals surface area contributed by atoms with Crippen molar-refractivity contribution >= 4 is 16.8 Å². The molecule has 0 fully saturated rings. The van der Waals surface area contributed by atoms with E-state index in [-0.39, 0.29) is 34.8 Å². The smallest absolute Gasteiger partial charge is 0.180 e. The van der Waals surface area contributed by atoms with Crippen LogP contribution < -0.4 is 0 Å². The summed E-state index contributed by atoms with van der Waals surface area (Å²) in [6.45, 7) is 5.23. The van der Waals surface area contributed by atoms with E-state index in [9.17, 15) is 15.0 Å². The van der Waals surface area contributed by atoms with Crippen LogP contribution in [0.1, 0.15) is 35.0 Å². The highest BCUT2D eigenvalue weighted by Gasteiger charge is 2.21. The van der Waals surface area contributed by atoms with Crippen LogP contribution in [0.15, 0.2) is 10.5 Å². The van der Waals surface area contributed by atoms with Crippen LogP contribution in [0.5, 0.6) is 11.5 Å². The molecule has 0 saturated heterocycles. The number of carbonyl (C=O) groups excluding carboxylic acids is 1. The van der Waals surface area contributed by atoms with Gasteiger partial charge in [-0.05, 0) is 19.9 Å². The first-order valence-corrected chi connectivity index (χ1v) is 5.45. The number of carbonyl (C=O) groups is 1. The highest BCUT2D eigenvalue weighted by atomic mass is 16.4. The van der Waals surface area contributed by atoms with Crippen molar-refractivity contribution in [2.45, 2.75) is 27.2 Å². The van der Waals surface area contributed by atoms with Crippen LogP contribution in [0, 0.1) is 13.8 Å². The normalized spacial score (nSPS) is 11.0. The number of ketones is 1. The van der Waals surface area contributed by atoms with E-state index in [1.807, 2.05) is 0 Å². The van der Waals surface area contributed by atoms with Gasteiger partial charge in [-0.25, -0.2) is 0 Å². The van der Waals surface area contributed by atoms with Gasteiger partial charge in [-0.3, -0.25) is 4.79 Å². The number of Topliss-reactive ketones (excluding diaryl/α,β-unsaturated/α-hetero) is 1. The Hall–Kier alpha value is -1.97. The second-order valence-corrected chi connectivity index (χ2v) is 4.06. The molecule has 4 nitrogen and oxygen atoms in total. The van der Waals surface area contributed by atoms with Crippen molar-refractivity contribution in [1.82, 2.24) is 0 Å². The predicted molar refractivity (Wildman–Crippen MR) is 63.6 cm³/mol. The van der Waals surface area contributed by atoms with Crippen LogP contribution in [-0.4, -0.2) is 16.0 Å². The van der Waals surface area contributed by atoms with Gasteiger partial charge in [-0.15, -0.1) is 0 Å². The van der Waals surface area contributed by atoms with Gasteiger partial charge in [0, 0.05) is 12.0 Å². The average molecular weight is 234 g/mol. The molecule has 0 radical (unpaired) electrons. The van der Waals surface area contributed by atoms with E-state index in [4.69, 9.17) is 4.42 Å². The average Bonchev–Trinajstić information content (AvgIpc) is 2.60. The van der Waals surface area contributed by atoms with Crippen molar-refractivity contribution < 1.29 is 19.4 Å². The second-order valence-electron chi connectivity index (χ2n) is 4.06. The lowest BCUT2D eigenvalue weighted by Gasteiger charge is -2.04. The van der Waals surface area contributed by atoms with E-state index in [0.29, 0.717) is 11.1 Å². The van der Waals surface area contributed by atoms with Gasteiger partial charge in [-0.1, -0.05) is 6.92 Å². The summed E-state index contributed by atoms with van der Waals surface area (Å²) in [5.74, 6) is 0.155. The molecule has 1 aromatic carbocycles. The number of hydrogen-bond donors (Lipinski definition) is 2. The van der Waals surface area contributed by atoms with Gasteiger partial charge in [0.15, 0.2) is 17.1 Å². The van der Waals surface area contributed by atoms with Gasteiger partial charge < -0.3 is 14.6 Å². The Balaban J connectivity index is 2.86. The number of aromatic hydroxyl groups is 2. The molecule has 0 bridgehead atoms. The maximum absolute atomic E-state index is 11.6. The lowest BCUT2D eigenvalue weighted by Crippen LogP contribution is -1.97.